The molecule has 0 fully saturated rings. The number of anilines is 3. The van der Waals surface area contributed by atoms with Crippen LogP contribution in [0.5, 0.6) is 0 Å². The molecule has 13 aromatic rings. The molecule has 1 aliphatic rings. The van der Waals surface area contributed by atoms with Crippen molar-refractivity contribution in [3.8, 4) is 50.2 Å². The maximum absolute atomic E-state index is 7.04. The first kappa shape index (κ1) is 40.2. The highest BCUT2D eigenvalue weighted by molar-refractivity contribution is 6.18. The predicted molar refractivity (Wildman–Crippen MR) is 294 cm³/mol. The van der Waals surface area contributed by atoms with E-state index >= 15 is 0 Å². The Labute approximate surface area is 406 Å². The van der Waals surface area contributed by atoms with Crippen molar-refractivity contribution in [3.05, 3.63) is 254 Å². The first-order valence-corrected chi connectivity index (χ1v) is 24.2. The lowest BCUT2D eigenvalue weighted by molar-refractivity contribution is 0.660. The molecule has 2 heterocycles. The van der Waals surface area contributed by atoms with E-state index in [1.165, 1.54) is 66.0 Å². The van der Waals surface area contributed by atoms with Crippen LogP contribution in [0.15, 0.2) is 247 Å². The van der Waals surface area contributed by atoms with E-state index in [1.54, 1.807) is 0 Å². The van der Waals surface area contributed by atoms with E-state index in [-0.39, 0.29) is 5.41 Å². The Morgan fingerprint density at radius 3 is 1.79 bits per heavy atom. The van der Waals surface area contributed by atoms with E-state index in [9.17, 15) is 0 Å². The van der Waals surface area contributed by atoms with Crippen molar-refractivity contribution in [2.45, 2.75) is 19.3 Å². The van der Waals surface area contributed by atoms with Gasteiger partial charge in [-0.3, -0.25) is 0 Å². The minimum Gasteiger partial charge on any atom is -0.455 e. The second-order valence-corrected chi connectivity index (χ2v) is 19.2. The summed E-state index contributed by atoms with van der Waals surface area (Å²) < 4.78 is 9.41. The Kier molecular flexibility index (Phi) is 8.93. The van der Waals surface area contributed by atoms with Gasteiger partial charge >= 0.3 is 0 Å². The van der Waals surface area contributed by atoms with E-state index < -0.39 is 0 Å². The van der Waals surface area contributed by atoms with E-state index in [4.69, 9.17) is 4.42 Å². The topological polar surface area (TPSA) is 21.3 Å². The summed E-state index contributed by atoms with van der Waals surface area (Å²) in [4.78, 5) is 2.47. The third kappa shape index (κ3) is 6.08. The van der Waals surface area contributed by atoms with E-state index in [0.29, 0.717) is 0 Å². The standard InChI is InChI=1S/C67H46N2O/c1-67(2)58-28-10-5-22-52(58)53-38-35-46(42-59(53)67)45-19-15-20-48(41-45)69(60-29-11-6-23-54(60)51-27-16-18-43-17-3-4-21-49(43)51)63-40-39-50(66-65(63)57-26-9-14-32-64(57)70-66)44-33-36-47(37-34-44)68-61-30-12-7-24-55(61)56-25-8-13-31-62(56)68/h3-42H,1-2H3. The van der Waals surface area contributed by atoms with Crippen LogP contribution in [0.25, 0.3) is 105 Å². The van der Waals surface area contributed by atoms with Crippen molar-refractivity contribution in [3.63, 3.8) is 0 Å². The number of furan rings is 1. The van der Waals surface area contributed by atoms with Crippen molar-refractivity contribution in [1.29, 1.82) is 0 Å². The molecule has 3 nitrogen and oxygen atoms in total. The average Bonchev–Trinajstić information content (AvgIpc) is 4.05. The molecule has 0 atom stereocenters. The summed E-state index contributed by atoms with van der Waals surface area (Å²) in [7, 11) is 0. The molecule has 70 heavy (non-hydrogen) atoms. The number of benzene rings is 11. The molecule has 0 radical (unpaired) electrons. The number of rotatable bonds is 7. The number of para-hydroxylation sites is 4. The second kappa shape index (κ2) is 15.6. The van der Waals surface area contributed by atoms with Crippen LogP contribution in [0, 0.1) is 0 Å². The number of aromatic nitrogens is 1. The minimum absolute atomic E-state index is 0.107. The normalized spacial score (nSPS) is 12.8. The monoisotopic (exact) mass is 894 g/mol. The summed E-state index contributed by atoms with van der Waals surface area (Å²) in [6, 6.07) is 88.6. The molecule has 0 N–H and O–H groups in total. The minimum atomic E-state index is -0.107. The van der Waals surface area contributed by atoms with Crippen LogP contribution in [0.2, 0.25) is 0 Å². The van der Waals surface area contributed by atoms with Crippen LogP contribution in [-0.4, -0.2) is 4.57 Å². The first-order chi connectivity index (χ1) is 34.5. The van der Waals surface area contributed by atoms with Crippen molar-refractivity contribution in [1.82, 2.24) is 4.57 Å². The van der Waals surface area contributed by atoms with Crippen LogP contribution in [0.1, 0.15) is 25.0 Å². The zero-order valence-electron chi connectivity index (χ0n) is 38.9. The summed E-state index contributed by atoms with van der Waals surface area (Å²) in [6.07, 6.45) is 0. The third-order valence-electron chi connectivity index (χ3n) is 15.0. The van der Waals surface area contributed by atoms with E-state index in [2.05, 4.69) is 266 Å². The maximum Gasteiger partial charge on any atom is 0.145 e. The van der Waals surface area contributed by atoms with Gasteiger partial charge in [0.1, 0.15) is 11.2 Å². The molecule has 2 aromatic heterocycles. The predicted octanol–water partition coefficient (Wildman–Crippen LogP) is 18.6. The number of hydrogen-bond donors (Lipinski definition) is 0. The molecule has 11 aromatic carbocycles. The fourth-order valence-electron chi connectivity index (χ4n) is 11.7. The molecule has 330 valence electrons. The smallest absolute Gasteiger partial charge is 0.145 e. The molecule has 14 rings (SSSR count). The fourth-order valence-corrected chi connectivity index (χ4v) is 11.7. The molecular weight excluding hydrogens is 849 g/mol. The summed E-state index contributed by atoms with van der Waals surface area (Å²) in [6.45, 7) is 4.71. The molecule has 3 heteroatoms. The van der Waals surface area contributed by atoms with Gasteiger partial charge in [0.05, 0.1) is 27.8 Å². The zero-order valence-corrected chi connectivity index (χ0v) is 38.9. The van der Waals surface area contributed by atoms with Gasteiger partial charge in [-0.2, -0.15) is 0 Å². The van der Waals surface area contributed by atoms with Gasteiger partial charge in [0.15, 0.2) is 0 Å². The average molecular weight is 895 g/mol. The lowest BCUT2D eigenvalue weighted by Gasteiger charge is -2.29. The Balaban J connectivity index is 0.972. The summed E-state index contributed by atoms with van der Waals surface area (Å²) in [5.41, 5.74) is 20.5. The van der Waals surface area contributed by atoms with Gasteiger partial charge in [0.25, 0.3) is 0 Å². The fraction of sp³-hybridized carbons (Fsp3) is 0.0448. The van der Waals surface area contributed by atoms with Gasteiger partial charge in [-0.15, -0.1) is 0 Å². The van der Waals surface area contributed by atoms with Crippen LogP contribution in [0.4, 0.5) is 17.1 Å². The highest BCUT2D eigenvalue weighted by atomic mass is 16.3. The number of nitrogens with zero attached hydrogens (tertiary/aromatic N) is 2. The SMILES string of the molecule is CC1(C)c2ccccc2-c2ccc(-c3cccc(N(c4ccccc4-c4cccc5ccccc45)c4ccc(-c5ccc(-n6c7ccccc7c7ccccc76)cc5)c5oc6ccccc6c45)c3)cc21. The van der Waals surface area contributed by atoms with Crippen LogP contribution >= 0.6 is 0 Å². The first-order valence-electron chi connectivity index (χ1n) is 24.2. The second-order valence-electron chi connectivity index (χ2n) is 19.2. The van der Waals surface area contributed by atoms with Gasteiger partial charge in [-0.1, -0.05) is 190 Å². The summed E-state index contributed by atoms with van der Waals surface area (Å²) in [5.74, 6) is 0. The number of hydrogen-bond acceptors (Lipinski definition) is 2. The van der Waals surface area contributed by atoms with Gasteiger partial charge < -0.3 is 13.9 Å². The Bertz CT molecular complexity index is 4170. The Morgan fingerprint density at radius 1 is 0.386 bits per heavy atom. The molecule has 0 saturated heterocycles. The van der Waals surface area contributed by atoms with Gasteiger partial charge in [0.2, 0.25) is 0 Å². The highest BCUT2D eigenvalue weighted by Gasteiger charge is 2.35. The number of fused-ring (bicyclic) bond motifs is 10. The third-order valence-corrected chi connectivity index (χ3v) is 15.0. The van der Waals surface area contributed by atoms with Gasteiger partial charge in [0, 0.05) is 44.1 Å². The molecule has 0 spiro atoms. The lowest BCUT2D eigenvalue weighted by Crippen LogP contribution is -2.15. The van der Waals surface area contributed by atoms with Crippen LogP contribution in [-0.2, 0) is 5.41 Å². The molecule has 0 saturated carbocycles. The lowest BCUT2D eigenvalue weighted by atomic mass is 9.81. The Morgan fingerprint density at radius 2 is 0.971 bits per heavy atom. The van der Waals surface area contributed by atoms with E-state index in [0.717, 1.165) is 66.9 Å². The van der Waals surface area contributed by atoms with E-state index in [1.807, 2.05) is 0 Å². The van der Waals surface area contributed by atoms with Crippen molar-refractivity contribution in [2.24, 2.45) is 0 Å². The quantitative estimate of drug-likeness (QED) is 0.159. The van der Waals surface area contributed by atoms with Gasteiger partial charge in [-0.05, 0) is 122 Å². The van der Waals surface area contributed by atoms with Gasteiger partial charge in [-0.25, -0.2) is 0 Å². The molecule has 1 aliphatic carbocycles. The van der Waals surface area contributed by atoms with Crippen molar-refractivity contribution in [2.75, 3.05) is 4.90 Å². The molecule has 0 aliphatic heterocycles. The maximum atomic E-state index is 7.04. The molecule has 0 unspecified atom stereocenters. The molecule has 0 amide bonds. The molecular formula is C67H46N2O. The Hall–Kier alpha value is -8.92. The largest absolute Gasteiger partial charge is 0.455 e. The summed E-state index contributed by atoms with van der Waals surface area (Å²) in [5, 5.41) is 7.06. The van der Waals surface area contributed by atoms with Crippen molar-refractivity contribution < 1.29 is 4.42 Å². The zero-order chi connectivity index (χ0) is 46.5. The molecule has 0 bridgehead atoms. The van der Waals surface area contributed by atoms with Crippen LogP contribution < -0.4 is 4.90 Å². The van der Waals surface area contributed by atoms with Crippen LogP contribution in [0.3, 0.4) is 0 Å². The highest BCUT2D eigenvalue weighted by Crippen LogP contribution is 2.52. The van der Waals surface area contributed by atoms with Crippen molar-refractivity contribution >= 4 is 71.6 Å². The summed E-state index contributed by atoms with van der Waals surface area (Å²) >= 11 is 0.